The van der Waals surface area contributed by atoms with Crippen LogP contribution in [0.5, 0.6) is 0 Å². The van der Waals surface area contributed by atoms with Crippen molar-refractivity contribution in [3.8, 4) is 17.5 Å². The fourth-order valence-corrected chi connectivity index (χ4v) is 4.82. The molecule has 0 spiro atoms. The van der Waals surface area contributed by atoms with Crippen LogP contribution in [0.4, 0.5) is 0 Å². The quantitative estimate of drug-likeness (QED) is 0.522. The highest BCUT2D eigenvalue weighted by Crippen LogP contribution is 2.31. The first-order chi connectivity index (χ1) is 15.0. The minimum Gasteiger partial charge on any atom is -0.353 e. The van der Waals surface area contributed by atoms with E-state index in [-0.39, 0.29) is 0 Å². The van der Waals surface area contributed by atoms with E-state index < -0.39 is 0 Å². The third-order valence-electron chi connectivity index (χ3n) is 6.58. The Morgan fingerprint density at radius 3 is 2.81 bits per heavy atom. The van der Waals surface area contributed by atoms with Gasteiger partial charge in [0.2, 0.25) is 0 Å². The summed E-state index contributed by atoms with van der Waals surface area (Å²) >= 11 is 0. The molecule has 3 heterocycles. The zero-order valence-electron chi connectivity index (χ0n) is 18.3. The number of nitrogens with one attached hydrogen (secondary N) is 2. The summed E-state index contributed by atoms with van der Waals surface area (Å²) in [5, 5.41) is 19.0. The van der Waals surface area contributed by atoms with Crippen molar-refractivity contribution in [1.29, 1.82) is 5.26 Å². The summed E-state index contributed by atoms with van der Waals surface area (Å²) in [6, 6.07) is 17.2. The summed E-state index contributed by atoms with van der Waals surface area (Å²) in [6.45, 7) is 8.94. The van der Waals surface area contributed by atoms with Gasteiger partial charge in [-0.1, -0.05) is 26.0 Å². The largest absolute Gasteiger partial charge is 0.353 e. The predicted molar refractivity (Wildman–Crippen MR) is 125 cm³/mol. The summed E-state index contributed by atoms with van der Waals surface area (Å²) in [5.74, 6) is 0.623. The van der Waals surface area contributed by atoms with Crippen molar-refractivity contribution in [3.05, 3.63) is 53.6 Å². The van der Waals surface area contributed by atoms with Gasteiger partial charge in [-0.25, -0.2) is 0 Å². The molecule has 5 rings (SSSR count). The van der Waals surface area contributed by atoms with E-state index in [2.05, 4.69) is 76.2 Å². The number of benzene rings is 2. The lowest BCUT2D eigenvalue weighted by molar-refractivity contribution is 0.0574. The molecule has 1 atom stereocenters. The van der Waals surface area contributed by atoms with Crippen LogP contribution in [0.2, 0.25) is 0 Å². The van der Waals surface area contributed by atoms with Crippen molar-refractivity contribution in [3.63, 3.8) is 0 Å². The lowest BCUT2D eigenvalue weighted by Gasteiger charge is -2.42. The number of aromatic nitrogens is 3. The fraction of sp³-hybridized carbons (Fsp3) is 0.360. The smallest absolute Gasteiger partial charge is 0.116 e. The number of aromatic amines is 2. The van der Waals surface area contributed by atoms with E-state index in [0.29, 0.717) is 17.5 Å². The van der Waals surface area contributed by atoms with E-state index in [4.69, 9.17) is 5.26 Å². The van der Waals surface area contributed by atoms with Gasteiger partial charge >= 0.3 is 0 Å². The minimum absolute atomic E-state index is 0.567. The molecule has 2 N–H and O–H groups in total. The van der Waals surface area contributed by atoms with Gasteiger partial charge in [-0.05, 0) is 48.9 Å². The number of piperazine rings is 1. The van der Waals surface area contributed by atoms with E-state index in [1.807, 2.05) is 18.2 Å². The summed E-state index contributed by atoms with van der Waals surface area (Å²) in [4.78, 5) is 8.64. The minimum atomic E-state index is 0.567. The molecule has 2 aromatic carbocycles. The molecule has 1 aliphatic heterocycles. The molecule has 0 saturated carbocycles. The molecule has 1 aliphatic rings. The molecule has 6 heteroatoms. The first-order valence-corrected chi connectivity index (χ1v) is 11.0. The Hall–Kier alpha value is -3.14. The van der Waals surface area contributed by atoms with E-state index in [9.17, 15) is 0 Å². The fourth-order valence-electron chi connectivity index (χ4n) is 4.82. The number of H-pyrrole nitrogens is 2. The third kappa shape index (κ3) is 3.60. The number of fused-ring (bicyclic) bond motifs is 2. The normalized spacial score (nSPS) is 18.2. The standard InChI is InChI=1S/C25H28N6/c1-16(2)24-15-30(3)9-10-31(24)14-18-5-4-6-21-20(18)12-23(27-21)25-19-8-7-17(13-26)11-22(19)28-29-25/h4-8,11-12,16,24,27H,9-10,14-15H2,1-3H3,(H,28,29)/t24-/m1/s1. The third-order valence-corrected chi connectivity index (χ3v) is 6.58. The van der Waals surface area contributed by atoms with Gasteiger partial charge in [-0.15, -0.1) is 0 Å². The van der Waals surface area contributed by atoms with Crippen molar-refractivity contribution in [1.82, 2.24) is 25.0 Å². The molecule has 0 radical (unpaired) electrons. The molecule has 0 unspecified atom stereocenters. The molecule has 1 fully saturated rings. The highest BCUT2D eigenvalue weighted by atomic mass is 15.3. The molecule has 0 bridgehead atoms. The number of likely N-dealkylation sites (N-methyl/N-ethyl adjacent to an activating group) is 1. The molecule has 6 nitrogen and oxygen atoms in total. The van der Waals surface area contributed by atoms with E-state index in [0.717, 1.165) is 54.0 Å². The van der Waals surface area contributed by atoms with Crippen LogP contribution in [0, 0.1) is 17.2 Å². The van der Waals surface area contributed by atoms with Gasteiger partial charge in [0.05, 0.1) is 22.8 Å². The Morgan fingerprint density at radius 1 is 1.13 bits per heavy atom. The second kappa shape index (κ2) is 7.84. The lowest BCUT2D eigenvalue weighted by atomic mass is 9.98. The number of rotatable bonds is 4. The molecule has 0 amide bonds. The Bertz CT molecular complexity index is 1270. The molecule has 2 aromatic heterocycles. The molecule has 31 heavy (non-hydrogen) atoms. The van der Waals surface area contributed by atoms with Gasteiger partial charge in [-0.3, -0.25) is 10.00 Å². The Morgan fingerprint density at radius 2 is 2.00 bits per heavy atom. The maximum absolute atomic E-state index is 9.15. The van der Waals surface area contributed by atoms with Crippen LogP contribution in [0.1, 0.15) is 25.0 Å². The van der Waals surface area contributed by atoms with Crippen LogP contribution in [-0.2, 0) is 6.54 Å². The zero-order chi connectivity index (χ0) is 21.5. The maximum Gasteiger partial charge on any atom is 0.116 e. The average Bonchev–Trinajstić information content (AvgIpc) is 3.38. The second-order valence-electron chi connectivity index (χ2n) is 9.05. The molecule has 0 aliphatic carbocycles. The summed E-state index contributed by atoms with van der Waals surface area (Å²) in [7, 11) is 2.22. The van der Waals surface area contributed by atoms with Crippen LogP contribution in [0.15, 0.2) is 42.5 Å². The molecule has 4 aromatic rings. The van der Waals surface area contributed by atoms with Gasteiger partial charge < -0.3 is 9.88 Å². The number of hydrogen-bond donors (Lipinski definition) is 2. The maximum atomic E-state index is 9.15. The number of nitrogens with zero attached hydrogens (tertiary/aromatic N) is 4. The number of nitriles is 1. The molecule has 158 valence electrons. The topological polar surface area (TPSA) is 74.7 Å². The van der Waals surface area contributed by atoms with Crippen molar-refractivity contribution in [2.24, 2.45) is 5.92 Å². The monoisotopic (exact) mass is 412 g/mol. The summed E-state index contributed by atoms with van der Waals surface area (Å²) in [6.07, 6.45) is 0. The van der Waals surface area contributed by atoms with Crippen LogP contribution in [0.3, 0.4) is 0 Å². The van der Waals surface area contributed by atoms with Crippen molar-refractivity contribution >= 4 is 21.8 Å². The van der Waals surface area contributed by atoms with Gasteiger partial charge in [0, 0.05) is 48.5 Å². The number of hydrogen-bond acceptors (Lipinski definition) is 4. The second-order valence-corrected chi connectivity index (χ2v) is 9.05. The van der Waals surface area contributed by atoms with E-state index in [1.165, 1.54) is 10.9 Å². The van der Waals surface area contributed by atoms with E-state index in [1.54, 1.807) is 0 Å². The molecular weight excluding hydrogens is 384 g/mol. The SMILES string of the molecule is CC(C)[C@H]1CN(C)CCN1Cc1cccc2[nH]c(-c3n[nH]c4cc(C#N)ccc34)cc12. The highest BCUT2D eigenvalue weighted by Gasteiger charge is 2.28. The van der Waals surface area contributed by atoms with Gasteiger partial charge in [0.25, 0.3) is 0 Å². The zero-order valence-corrected chi connectivity index (χ0v) is 18.3. The summed E-state index contributed by atoms with van der Waals surface area (Å²) in [5.41, 5.74) is 5.88. The van der Waals surface area contributed by atoms with Crippen molar-refractivity contribution in [2.75, 3.05) is 26.7 Å². The lowest BCUT2D eigenvalue weighted by Crippen LogP contribution is -2.53. The Kier molecular flexibility index (Phi) is 5.01. The predicted octanol–water partition coefficient (Wildman–Crippen LogP) is 4.35. The molecule has 1 saturated heterocycles. The van der Waals surface area contributed by atoms with Crippen LogP contribution < -0.4 is 0 Å². The first-order valence-electron chi connectivity index (χ1n) is 11.0. The average molecular weight is 413 g/mol. The van der Waals surface area contributed by atoms with Crippen LogP contribution in [0.25, 0.3) is 33.2 Å². The Labute approximate surface area is 182 Å². The van der Waals surface area contributed by atoms with Gasteiger partial charge in [-0.2, -0.15) is 10.4 Å². The summed E-state index contributed by atoms with van der Waals surface area (Å²) < 4.78 is 0. The highest BCUT2D eigenvalue weighted by molar-refractivity contribution is 5.96. The van der Waals surface area contributed by atoms with Crippen LogP contribution in [-0.4, -0.2) is 57.7 Å². The Balaban J connectivity index is 1.51. The van der Waals surface area contributed by atoms with E-state index >= 15 is 0 Å². The van der Waals surface area contributed by atoms with Crippen LogP contribution >= 0.6 is 0 Å². The first kappa shape index (κ1) is 19.8. The van der Waals surface area contributed by atoms with Crippen molar-refractivity contribution < 1.29 is 0 Å². The van der Waals surface area contributed by atoms with Gasteiger partial charge in [0.15, 0.2) is 0 Å². The molecular formula is C25H28N6. The van der Waals surface area contributed by atoms with Crippen molar-refractivity contribution in [2.45, 2.75) is 26.4 Å². The van der Waals surface area contributed by atoms with Gasteiger partial charge in [0.1, 0.15) is 5.69 Å².